The van der Waals surface area contributed by atoms with Crippen molar-refractivity contribution < 1.29 is 36.2 Å². The van der Waals surface area contributed by atoms with Crippen molar-refractivity contribution in [3.63, 3.8) is 0 Å². The van der Waals surface area contributed by atoms with Crippen molar-refractivity contribution in [2.24, 2.45) is 5.73 Å². The minimum atomic E-state index is -4.93. The SMILES string of the molecule is Cc1cccc(C(O)(CCN)COCc2cc(C(F)(F)F)cc(C(F)(F)F)c2)c1. The van der Waals surface area contributed by atoms with Gasteiger partial charge in [0, 0.05) is 0 Å². The average Bonchev–Trinajstić information content (AvgIpc) is 2.60. The highest BCUT2D eigenvalue weighted by atomic mass is 19.4. The molecule has 9 heteroatoms. The van der Waals surface area contributed by atoms with Crippen LogP contribution in [0.3, 0.4) is 0 Å². The van der Waals surface area contributed by atoms with Gasteiger partial charge in [0.05, 0.1) is 24.3 Å². The zero-order chi connectivity index (χ0) is 21.9. The second-order valence-corrected chi connectivity index (χ2v) is 6.85. The number of aliphatic hydroxyl groups is 1. The Morgan fingerprint density at radius 2 is 1.48 bits per heavy atom. The van der Waals surface area contributed by atoms with Crippen molar-refractivity contribution in [2.75, 3.05) is 13.2 Å². The van der Waals surface area contributed by atoms with Gasteiger partial charge in [-0.1, -0.05) is 29.8 Å². The fourth-order valence-electron chi connectivity index (χ4n) is 2.91. The lowest BCUT2D eigenvalue weighted by Crippen LogP contribution is -2.34. The van der Waals surface area contributed by atoms with Crippen molar-refractivity contribution in [1.82, 2.24) is 0 Å². The standard InChI is InChI=1S/C20H21F6NO2/c1-13-3-2-4-15(7-13)18(28,5-6-27)12-29-11-14-8-16(19(21,22)23)10-17(9-14)20(24,25)26/h2-4,7-10,28H,5-6,11-12,27H2,1H3. The first-order valence-electron chi connectivity index (χ1n) is 8.71. The van der Waals surface area contributed by atoms with E-state index in [2.05, 4.69) is 0 Å². The van der Waals surface area contributed by atoms with Crippen LogP contribution in [0, 0.1) is 6.92 Å². The molecule has 0 amide bonds. The van der Waals surface area contributed by atoms with Crippen LogP contribution in [0.5, 0.6) is 0 Å². The van der Waals surface area contributed by atoms with E-state index in [1.165, 1.54) is 0 Å². The summed E-state index contributed by atoms with van der Waals surface area (Å²) in [5.41, 5.74) is 2.26. The van der Waals surface area contributed by atoms with E-state index in [0.717, 1.165) is 5.56 Å². The molecule has 0 aromatic heterocycles. The lowest BCUT2D eigenvalue weighted by molar-refractivity contribution is -0.143. The minimum absolute atomic E-state index is 0.0566. The number of ether oxygens (including phenoxy) is 1. The maximum Gasteiger partial charge on any atom is 0.416 e. The summed E-state index contributed by atoms with van der Waals surface area (Å²) < 4.78 is 83.0. The number of hydrogen-bond acceptors (Lipinski definition) is 3. The number of alkyl halides is 6. The van der Waals surface area contributed by atoms with Gasteiger partial charge in [0.25, 0.3) is 0 Å². The number of rotatable bonds is 7. The maximum absolute atomic E-state index is 12.9. The quantitative estimate of drug-likeness (QED) is 0.633. The molecule has 0 aliphatic heterocycles. The number of hydrogen-bond donors (Lipinski definition) is 2. The number of benzene rings is 2. The summed E-state index contributed by atoms with van der Waals surface area (Å²) in [4.78, 5) is 0. The topological polar surface area (TPSA) is 55.5 Å². The Morgan fingerprint density at radius 3 is 1.97 bits per heavy atom. The fourth-order valence-corrected chi connectivity index (χ4v) is 2.91. The molecular weight excluding hydrogens is 400 g/mol. The molecule has 2 rings (SSSR count). The van der Waals surface area contributed by atoms with Crippen molar-refractivity contribution in [2.45, 2.75) is 37.9 Å². The highest BCUT2D eigenvalue weighted by molar-refractivity contribution is 5.33. The van der Waals surface area contributed by atoms with Gasteiger partial charge >= 0.3 is 12.4 Å². The van der Waals surface area contributed by atoms with Crippen LogP contribution in [0.15, 0.2) is 42.5 Å². The van der Waals surface area contributed by atoms with E-state index in [9.17, 15) is 31.4 Å². The normalized spacial score (nSPS) is 14.7. The van der Waals surface area contributed by atoms with Crippen LogP contribution in [-0.4, -0.2) is 18.3 Å². The molecule has 2 aromatic carbocycles. The van der Waals surface area contributed by atoms with Gasteiger partial charge in [-0.15, -0.1) is 0 Å². The maximum atomic E-state index is 12.9. The van der Waals surface area contributed by atoms with Crippen LogP contribution in [0.1, 0.15) is 34.2 Å². The molecule has 2 aromatic rings. The Hall–Kier alpha value is -2.10. The highest BCUT2D eigenvalue weighted by Crippen LogP contribution is 2.36. The van der Waals surface area contributed by atoms with Crippen molar-refractivity contribution in [1.29, 1.82) is 0 Å². The number of nitrogens with two attached hydrogens (primary N) is 1. The van der Waals surface area contributed by atoms with E-state index in [0.29, 0.717) is 17.7 Å². The Kier molecular flexibility index (Phi) is 6.97. The van der Waals surface area contributed by atoms with Crippen molar-refractivity contribution in [3.8, 4) is 0 Å². The van der Waals surface area contributed by atoms with E-state index in [1.807, 2.05) is 13.0 Å². The molecule has 1 unspecified atom stereocenters. The lowest BCUT2D eigenvalue weighted by Gasteiger charge is -2.28. The molecule has 160 valence electrons. The third-order valence-corrected chi connectivity index (χ3v) is 4.37. The molecule has 3 nitrogen and oxygen atoms in total. The van der Waals surface area contributed by atoms with E-state index >= 15 is 0 Å². The molecular formula is C20H21F6NO2. The van der Waals surface area contributed by atoms with Crippen LogP contribution in [0.25, 0.3) is 0 Å². The summed E-state index contributed by atoms with van der Waals surface area (Å²) in [6.45, 7) is 1.04. The molecule has 0 saturated heterocycles. The summed E-state index contributed by atoms with van der Waals surface area (Å²) in [5.74, 6) is 0. The number of halogens is 6. The van der Waals surface area contributed by atoms with E-state index in [4.69, 9.17) is 10.5 Å². The Morgan fingerprint density at radius 1 is 0.897 bits per heavy atom. The first-order valence-corrected chi connectivity index (χ1v) is 8.71. The number of aryl methyl sites for hydroxylation is 1. The highest BCUT2D eigenvalue weighted by Gasteiger charge is 2.37. The minimum Gasteiger partial charge on any atom is -0.383 e. The van der Waals surface area contributed by atoms with E-state index < -0.39 is 35.7 Å². The van der Waals surface area contributed by atoms with Crippen LogP contribution in [0.4, 0.5) is 26.3 Å². The zero-order valence-electron chi connectivity index (χ0n) is 15.6. The zero-order valence-corrected chi connectivity index (χ0v) is 15.6. The predicted octanol–water partition coefficient (Wildman–Crippen LogP) is 4.79. The molecule has 0 spiro atoms. The monoisotopic (exact) mass is 421 g/mol. The van der Waals surface area contributed by atoms with Crippen LogP contribution < -0.4 is 5.73 Å². The fraction of sp³-hybridized carbons (Fsp3) is 0.400. The molecule has 1 atom stereocenters. The Labute approximate surface area is 164 Å². The summed E-state index contributed by atoms with van der Waals surface area (Å²) in [6.07, 6.45) is -9.76. The largest absolute Gasteiger partial charge is 0.416 e. The van der Waals surface area contributed by atoms with Gasteiger partial charge < -0.3 is 15.6 Å². The molecule has 0 aliphatic carbocycles. The molecule has 0 bridgehead atoms. The van der Waals surface area contributed by atoms with Gasteiger partial charge in [-0.3, -0.25) is 0 Å². The average molecular weight is 421 g/mol. The van der Waals surface area contributed by atoms with Gasteiger partial charge in [0.1, 0.15) is 5.60 Å². The molecule has 0 heterocycles. The Bertz CT molecular complexity index is 802. The second kappa shape index (κ2) is 8.73. The predicted molar refractivity (Wildman–Crippen MR) is 94.8 cm³/mol. The molecule has 3 N–H and O–H groups in total. The van der Waals surface area contributed by atoms with Crippen LogP contribution in [0.2, 0.25) is 0 Å². The van der Waals surface area contributed by atoms with Gasteiger partial charge in [-0.2, -0.15) is 26.3 Å². The van der Waals surface area contributed by atoms with Gasteiger partial charge in [-0.25, -0.2) is 0 Å². The molecule has 0 aliphatic rings. The third kappa shape index (κ3) is 6.19. The van der Waals surface area contributed by atoms with Gasteiger partial charge in [0.2, 0.25) is 0 Å². The summed E-state index contributed by atoms with van der Waals surface area (Å²) in [5, 5.41) is 10.9. The molecule has 0 saturated carbocycles. The first-order chi connectivity index (χ1) is 13.3. The molecule has 29 heavy (non-hydrogen) atoms. The van der Waals surface area contributed by atoms with Gasteiger partial charge in [-0.05, 0) is 49.2 Å². The first kappa shape index (κ1) is 23.2. The smallest absolute Gasteiger partial charge is 0.383 e. The molecule has 0 radical (unpaired) electrons. The van der Waals surface area contributed by atoms with Crippen molar-refractivity contribution in [3.05, 3.63) is 70.3 Å². The lowest BCUT2D eigenvalue weighted by atomic mass is 9.90. The summed E-state index contributed by atoms with van der Waals surface area (Å²) in [6, 6.07) is 8.15. The van der Waals surface area contributed by atoms with Gasteiger partial charge in [0.15, 0.2) is 0 Å². The van der Waals surface area contributed by atoms with E-state index in [-0.39, 0.29) is 31.2 Å². The van der Waals surface area contributed by atoms with Crippen LogP contribution in [-0.2, 0) is 29.3 Å². The molecule has 0 fully saturated rings. The third-order valence-electron chi connectivity index (χ3n) is 4.37. The Balaban J connectivity index is 2.23. The second-order valence-electron chi connectivity index (χ2n) is 6.85. The summed E-state index contributed by atoms with van der Waals surface area (Å²) in [7, 11) is 0. The summed E-state index contributed by atoms with van der Waals surface area (Å²) >= 11 is 0. The van der Waals surface area contributed by atoms with Crippen molar-refractivity contribution >= 4 is 0 Å². The van der Waals surface area contributed by atoms with E-state index in [1.54, 1.807) is 18.2 Å². The van der Waals surface area contributed by atoms with Crippen LogP contribution >= 0.6 is 0 Å².